The van der Waals surface area contributed by atoms with Crippen LogP contribution in [0.2, 0.25) is 0 Å². The van der Waals surface area contributed by atoms with E-state index < -0.39 is 22.9 Å². The number of hydrogen-bond donors (Lipinski definition) is 3. The largest absolute Gasteiger partial charge is 0.484 e. The molecule has 1 fully saturated rings. The van der Waals surface area contributed by atoms with Gasteiger partial charge in [0.15, 0.2) is 12.3 Å². The van der Waals surface area contributed by atoms with E-state index in [-0.39, 0.29) is 30.3 Å². The number of rotatable bonds is 23. The number of tetrazole rings is 1. The molecule has 1 atom stereocenters. The second-order valence-corrected chi connectivity index (χ2v) is 22.1. The van der Waals surface area contributed by atoms with E-state index in [1.165, 1.54) is 4.90 Å². The molecule has 0 radical (unpaired) electrons. The van der Waals surface area contributed by atoms with Gasteiger partial charge in [0.1, 0.15) is 28.7 Å². The van der Waals surface area contributed by atoms with Crippen LogP contribution < -0.4 is 25.0 Å². The summed E-state index contributed by atoms with van der Waals surface area (Å²) < 4.78 is 25.3. The van der Waals surface area contributed by atoms with Gasteiger partial charge < -0.3 is 28.8 Å². The Morgan fingerprint density at radius 2 is 1.57 bits per heavy atom. The molecule has 21 heteroatoms. The van der Waals surface area contributed by atoms with E-state index in [0.29, 0.717) is 71.0 Å². The zero-order chi connectivity index (χ0) is 54.5. The standard InChI is InChI=1S/C56H59N9O9S3/c1-7-11-48-57-45(50(53(68)71-8-2)65(48)32-36-14-18-37(19-15-36)42-12-9-10-13-43(42)51-60-62-63-61-51)34-75-28-29-76-41-25-22-39(23-26-41)73-40-24-27-44(46(31-40)64(6)55(70)74-56(3,4)5)58-49(66)33-72-38-20-16-35(17-21-38)30-47-52(67)59-54(69)77-47/h9-10,12-27,31,47H,7-8,11,28-30,32-34H2,1-6H3,(H,58,66)(H,59,67,69)(H,60,61,62,63). The molecule has 0 aliphatic carbocycles. The van der Waals surface area contributed by atoms with Crippen LogP contribution in [-0.4, -0.2) is 102 Å². The number of ether oxygens (including phenoxy) is 4. The third-order valence-electron chi connectivity index (χ3n) is 11.7. The summed E-state index contributed by atoms with van der Waals surface area (Å²) in [6.45, 7) is 9.60. The highest BCUT2D eigenvalue weighted by Crippen LogP contribution is 2.35. The van der Waals surface area contributed by atoms with Crippen LogP contribution in [0.4, 0.5) is 21.0 Å². The molecule has 2 aromatic heterocycles. The average molecular weight is 1100 g/mol. The quantitative estimate of drug-likeness (QED) is 0.0308. The lowest BCUT2D eigenvalue weighted by Crippen LogP contribution is -2.34. The number of aromatic amines is 1. The maximum Gasteiger partial charge on any atom is 0.414 e. The lowest BCUT2D eigenvalue weighted by molar-refractivity contribution is -0.119. The van der Waals surface area contributed by atoms with Crippen LogP contribution in [0.1, 0.15) is 74.2 Å². The first-order valence-electron chi connectivity index (χ1n) is 24.9. The zero-order valence-corrected chi connectivity index (χ0v) is 45.9. The Balaban J connectivity index is 0.864. The van der Waals surface area contributed by atoms with Crippen molar-refractivity contribution in [3.8, 4) is 39.8 Å². The molecule has 77 heavy (non-hydrogen) atoms. The number of amides is 4. The van der Waals surface area contributed by atoms with Crippen LogP contribution in [-0.2, 0) is 44.2 Å². The predicted molar refractivity (Wildman–Crippen MR) is 300 cm³/mol. The molecule has 8 rings (SSSR count). The van der Waals surface area contributed by atoms with E-state index >= 15 is 0 Å². The zero-order valence-electron chi connectivity index (χ0n) is 43.5. The van der Waals surface area contributed by atoms with Crippen molar-refractivity contribution in [1.82, 2.24) is 35.5 Å². The van der Waals surface area contributed by atoms with Crippen molar-refractivity contribution in [2.24, 2.45) is 0 Å². The molecule has 1 unspecified atom stereocenters. The van der Waals surface area contributed by atoms with Crippen molar-refractivity contribution in [2.75, 3.05) is 42.0 Å². The number of hydrogen-bond acceptors (Lipinski definition) is 16. The normalized spacial score (nSPS) is 13.2. The van der Waals surface area contributed by atoms with Crippen molar-refractivity contribution in [3.63, 3.8) is 0 Å². The molecule has 1 saturated heterocycles. The van der Waals surface area contributed by atoms with Crippen LogP contribution >= 0.6 is 35.3 Å². The summed E-state index contributed by atoms with van der Waals surface area (Å²) in [5.74, 6) is 3.77. The van der Waals surface area contributed by atoms with Crippen molar-refractivity contribution < 1.29 is 42.9 Å². The van der Waals surface area contributed by atoms with Crippen molar-refractivity contribution in [2.45, 2.75) is 81.9 Å². The highest BCUT2D eigenvalue weighted by Gasteiger charge is 2.32. The third kappa shape index (κ3) is 15.1. The molecule has 0 bridgehead atoms. The number of anilines is 2. The third-order valence-corrected chi connectivity index (χ3v) is 15.0. The molecule has 3 heterocycles. The van der Waals surface area contributed by atoms with Crippen LogP contribution in [0.3, 0.4) is 0 Å². The van der Waals surface area contributed by atoms with Gasteiger partial charge in [-0.2, -0.15) is 17.0 Å². The van der Waals surface area contributed by atoms with Gasteiger partial charge in [0.2, 0.25) is 11.7 Å². The van der Waals surface area contributed by atoms with Gasteiger partial charge in [0.25, 0.3) is 11.1 Å². The van der Waals surface area contributed by atoms with Crippen LogP contribution in [0.15, 0.2) is 120 Å². The predicted octanol–water partition coefficient (Wildman–Crippen LogP) is 11.0. The number of thioether (sulfide) groups is 3. The minimum absolute atomic E-state index is 0.251. The van der Waals surface area contributed by atoms with Gasteiger partial charge in [-0.1, -0.05) is 79.3 Å². The second-order valence-electron chi connectivity index (χ2n) is 18.6. The number of nitrogens with zero attached hydrogens (tertiary/aromatic N) is 6. The number of nitrogens with one attached hydrogen (secondary N) is 3. The smallest absolute Gasteiger partial charge is 0.414 e. The number of carbonyl (C=O) groups excluding carboxylic acids is 5. The first-order chi connectivity index (χ1) is 37.1. The van der Waals surface area contributed by atoms with E-state index in [2.05, 4.69) is 62.4 Å². The van der Waals surface area contributed by atoms with Crippen molar-refractivity contribution in [1.29, 1.82) is 0 Å². The molecular weight excluding hydrogens is 1040 g/mol. The molecule has 5 aromatic carbocycles. The Labute approximate surface area is 459 Å². The average Bonchev–Trinajstić information content (AvgIpc) is 4.18. The summed E-state index contributed by atoms with van der Waals surface area (Å²) >= 11 is 4.37. The van der Waals surface area contributed by atoms with Gasteiger partial charge >= 0.3 is 12.1 Å². The molecular formula is C56H59N9O9S3. The fraction of sp³-hybridized carbons (Fsp3) is 0.304. The van der Waals surface area contributed by atoms with Gasteiger partial charge in [-0.15, -0.1) is 22.0 Å². The summed E-state index contributed by atoms with van der Waals surface area (Å²) in [5.41, 5.74) is 5.81. The number of carbonyl (C=O) groups is 5. The fourth-order valence-electron chi connectivity index (χ4n) is 8.16. The minimum atomic E-state index is -0.773. The Hall–Kier alpha value is -7.62. The van der Waals surface area contributed by atoms with Crippen molar-refractivity contribution in [3.05, 3.63) is 144 Å². The van der Waals surface area contributed by atoms with Gasteiger partial charge in [0.05, 0.1) is 28.9 Å². The molecule has 0 spiro atoms. The highest BCUT2D eigenvalue weighted by molar-refractivity contribution is 8.15. The van der Waals surface area contributed by atoms with Gasteiger partial charge in [-0.3, -0.25) is 24.6 Å². The van der Waals surface area contributed by atoms with E-state index in [1.807, 2.05) is 60.0 Å². The molecule has 18 nitrogen and oxygen atoms in total. The molecule has 1 aliphatic rings. The maximum atomic E-state index is 13.6. The Morgan fingerprint density at radius 3 is 2.25 bits per heavy atom. The first kappa shape index (κ1) is 55.6. The summed E-state index contributed by atoms with van der Waals surface area (Å²) in [6.07, 6.45) is 1.32. The van der Waals surface area contributed by atoms with E-state index in [0.717, 1.165) is 68.2 Å². The van der Waals surface area contributed by atoms with E-state index in [4.69, 9.17) is 23.9 Å². The van der Waals surface area contributed by atoms with Crippen LogP contribution in [0, 0.1) is 0 Å². The van der Waals surface area contributed by atoms with Gasteiger partial charge in [-0.05, 0) is 117 Å². The van der Waals surface area contributed by atoms with Crippen LogP contribution in [0.25, 0.3) is 22.5 Å². The fourth-order valence-corrected chi connectivity index (χ4v) is 10.9. The monoisotopic (exact) mass is 1100 g/mol. The number of H-pyrrole nitrogens is 1. The summed E-state index contributed by atoms with van der Waals surface area (Å²) in [6, 6.07) is 35.8. The lowest BCUT2D eigenvalue weighted by Gasteiger charge is -2.26. The van der Waals surface area contributed by atoms with Crippen LogP contribution in [0.5, 0.6) is 17.2 Å². The first-order valence-corrected chi connectivity index (χ1v) is 28.0. The number of imidazole rings is 1. The van der Waals surface area contributed by atoms with Gasteiger partial charge in [-0.25, -0.2) is 14.6 Å². The maximum absolute atomic E-state index is 13.6. The topological polar surface area (TPSA) is 222 Å². The summed E-state index contributed by atoms with van der Waals surface area (Å²) in [5, 5.41) is 18.9. The SMILES string of the molecule is CCCc1nc(CSCCSc2ccc(Oc3ccc(NC(=O)COc4ccc(CC5SC(=O)NC5=O)cc4)c(N(C)C(=O)OC(C)(C)C)c3)cc2)c(C(=O)OCC)n1Cc1ccc(-c2ccccc2-c2nn[nH]n2)cc1. The molecule has 1 aliphatic heterocycles. The molecule has 4 amide bonds. The number of esters is 1. The minimum Gasteiger partial charge on any atom is -0.484 e. The Kier molecular flexibility index (Phi) is 18.7. The number of aryl methyl sites for hydroxylation is 1. The Morgan fingerprint density at radius 1 is 0.857 bits per heavy atom. The van der Waals surface area contributed by atoms with E-state index in [9.17, 15) is 24.0 Å². The highest BCUT2D eigenvalue weighted by atomic mass is 32.2. The number of aromatic nitrogens is 6. The molecule has 7 aromatic rings. The Bertz CT molecular complexity index is 3180. The molecule has 0 saturated carbocycles. The molecule has 400 valence electrons. The number of benzene rings is 5. The second kappa shape index (κ2) is 25.9. The lowest BCUT2D eigenvalue weighted by atomic mass is 9.98. The van der Waals surface area contributed by atoms with Gasteiger partial charge in [0, 0.05) is 53.8 Å². The van der Waals surface area contributed by atoms with Crippen molar-refractivity contribution >= 4 is 75.8 Å². The number of imide groups is 1. The van der Waals surface area contributed by atoms with E-state index in [1.54, 1.807) is 93.8 Å². The summed E-state index contributed by atoms with van der Waals surface area (Å²) in [7, 11) is 1.55. The summed E-state index contributed by atoms with van der Waals surface area (Å²) in [4.78, 5) is 71.0. The molecule has 3 N–H and O–H groups in total.